The van der Waals surface area contributed by atoms with Crippen LogP contribution in [0.4, 0.5) is 5.69 Å². The first-order valence-electron chi connectivity index (χ1n) is 11.4. The Morgan fingerprint density at radius 3 is 2.45 bits per heavy atom. The average Bonchev–Trinajstić information content (AvgIpc) is 3.45. The Morgan fingerprint density at radius 1 is 1.18 bits per heavy atom. The van der Waals surface area contributed by atoms with E-state index in [4.69, 9.17) is 0 Å². The van der Waals surface area contributed by atoms with Gasteiger partial charge in [0.1, 0.15) is 11.7 Å². The van der Waals surface area contributed by atoms with Crippen LogP contribution in [0, 0.1) is 25.2 Å². The highest BCUT2D eigenvalue weighted by molar-refractivity contribution is 6.00. The van der Waals surface area contributed by atoms with Crippen molar-refractivity contribution in [1.29, 1.82) is 0 Å². The van der Waals surface area contributed by atoms with Crippen LogP contribution >= 0.6 is 0 Å². The average molecular weight is 449 g/mol. The normalized spacial score (nSPS) is 18.2. The first-order chi connectivity index (χ1) is 15.7. The molecule has 4 rings (SSSR count). The van der Waals surface area contributed by atoms with Gasteiger partial charge in [-0.1, -0.05) is 32.4 Å². The fourth-order valence-corrected chi connectivity index (χ4v) is 5.05. The SMILES string of the molecule is Cc1n[nH]c(C)c1-c1ccc(NC(=O)[C@@H](NC(=O)c2ccnn2C)C2CCCC2(C)C)cc1. The summed E-state index contributed by atoms with van der Waals surface area (Å²) in [4.78, 5) is 26.4. The summed E-state index contributed by atoms with van der Waals surface area (Å²) in [5.41, 5.74) is 5.13. The second-order valence-corrected chi connectivity index (χ2v) is 9.65. The number of hydrogen-bond donors (Lipinski definition) is 3. The molecular weight excluding hydrogens is 416 g/mol. The quantitative estimate of drug-likeness (QED) is 0.530. The van der Waals surface area contributed by atoms with E-state index in [1.165, 1.54) is 4.68 Å². The third-order valence-corrected chi connectivity index (χ3v) is 6.93. The topological polar surface area (TPSA) is 105 Å². The summed E-state index contributed by atoms with van der Waals surface area (Å²) in [7, 11) is 1.72. The van der Waals surface area contributed by atoms with Crippen LogP contribution < -0.4 is 10.6 Å². The Labute approximate surface area is 194 Å². The molecule has 0 radical (unpaired) electrons. The second-order valence-electron chi connectivity index (χ2n) is 9.65. The molecule has 1 aliphatic rings. The van der Waals surface area contributed by atoms with Gasteiger partial charge in [-0.05, 0) is 61.8 Å². The lowest BCUT2D eigenvalue weighted by atomic mass is 9.77. The van der Waals surface area contributed by atoms with Gasteiger partial charge in [0.15, 0.2) is 0 Å². The van der Waals surface area contributed by atoms with E-state index in [-0.39, 0.29) is 23.1 Å². The molecule has 3 N–H and O–H groups in total. The lowest BCUT2D eigenvalue weighted by Crippen LogP contribution is -2.51. The van der Waals surface area contributed by atoms with Crippen molar-refractivity contribution >= 4 is 17.5 Å². The van der Waals surface area contributed by atoms with Crippen LogP contribution in [0.25, 0.3) is 11.1 Å². The number of aromatic nitrogens is 4. The zero-order valence-corrected chi connectivity index (χ0v) is 19.9. The van der Waals surface area contributed by atoms with Gasteiger partial charge in [0, 0.05) is 30.2 Å². The first kappa shape index (κ1) is 22.8. The number of rotatable bonds is 6. The minimum atomic E-state index is -0.636. The van der Waals surface area contributed by atoms with Crippen LogP contribution in [-0.4, -0.2) is 37.8 Å². The summed E-state index contributed by atoms with van der Waals surface area (Å²) in [5.74, 6) is -0.446. The predicted molar refractivity (Wildman–Crippen MR) is 128 cm³/mol. The zero-order valence-electron chi connectivity index (χ0n) is 19.9. The van der Waals surface area contributed by atoms with Crippen LogP contribution in [0.2, 0.25) is 0 Å². The van der Waals surface area contributed by atoms with E-state index in [2.05, 4.69) is 39.8 Å². The summed E-state index contributed by atoms with van der Waals surface area (Å²) >= 11 is 0. The molecule has 1 aliphatic carbocycles. The number of aromatic amines is 1. The molecule has 1 aromatic carbocycles. The van der Waals surface area contributed by atoms with E-state index in [0.717, 1.165) is 41.8 Å². The summed E-state index contributed by atoms with van der Waals surface area (Å²) in [6, 6.07) is 8.75. The van der Waals surface area contributed by atoms with E-state index in [0.29, 0.717) is 11.4 Å². The third kappa shape index (κ3) is 4.55. The number of anilines is 1. The van der Waals surface area contributed by atoms with Crippen molar-refractivity contribution in [2.45, 2.75) is 53.0 Å². The van der Waals surface area contributed by atoms with Gasteiger partial charge in [0.25, 0.3) is 5.91 Å². The number of carbonyl (C=O) groups excluding carboxylic acids is 2. The molecule has 1 unspecified atom stereocenters. The van der Waals surface area contributed by atoms with Crippen molar-refractivity contribution in [2.75, 3.05) is 5.32 Å². The maximum atomic E-state index is 13.4. The Hall–Kier alpha value is -3.42. The lowest BCUT2D eigenvalue weighted by molar-refractivity contribution is -0.120. The zero-order chi connectivity index (χ0) is 23.8. The van der Waals surface area contributed by atoms with Crippen LogP contribution in [0.15, 0.2) is 36.5 Å². The van der Waals surface area contributed by atoms with Crippen molar-refractivity contribution < 1.29 is 9.59 Å². The number of nitrogens with one attached hydrogen (secondary N) is 3. The predicted octanol–water partition coefficient (Wildman–Crippen LogP) is 3.99. The standard InChI is InChI=1S/C25H32N6O2/c1-15-21(16(2)30-29-15)17-8-10-18(11-9-17)27-24(33)22(19-7-6-13-25(19,3)4)28-23(32)20-12-14-26-31(20)5/h8-12,14,19,22H,6-7,13H2,1-5H3,(H,27,33)(H,28,32)(H,29,30)/t19?,22-/m0/s1. The number of H-pyrrole nitrogens is 1. The summed E-state index contributed by atoms with van der Waals surface area (Å²) in [6.07, 6.45) is 4.55. The van der Waals surface area contributed by atoms with Gasteiger partial charge in [0.2, 0.25) is 5.91 Å². The van der Waals surface area contributed by atoms with Gasteiger partial charge in [-0.2, -0.15) is 10.2 Å². The lowest BCUT2D eigenvalue weighted by Gasteiger charge is -2.33. The van der Waals surface area contributed by atoms with Crippen molar-refractivity contribution in [3.8, 4) is 11.1 Å². The van der Waals surface area contributed by atoms with E-state index in [1.807, 2.05) is 38.1 Å². The molecular formula is C25H32N6O2. The van der Waals surface area contributed by atoms with E-state index < -0.39 is 6.04 Å². The molecule has 8 heteroatoms. The second kappa shape index (κ2) is 8.84. The van der Waals surface area contributed by atoms with Crippen molar-refractivity contribution in [3.63, 3.8) is 0 Å². The molecule has 3 aromatic rings. The molecule has 174 valence electrons. The van der Waals surface area contributed by atoms with Crippen LogP contribution in [0.1, 0.15) is 55.0 Å². The number of hydrogen-bond acceptors (Lipinski definition) is 4. The minimum Gasteiger partial charge on any atom is -0.339 e. The molecule has 1 fully saturated rings. The van der Waals surface area contributed by atoms with Crippen LogP contribution in [-0.2, 0) is 11.8 Å². The van der Waals surface area contributed by atoms with Gasteiger partial charge in [-0.3, -0.25) is 19.4 Å². The van der Waals surface area contributed by atoms with E-state index >= 15 is 0 Å². The Bertz CT molecular complexity index is 1140. The summed E-state index contributed by atoms with van der Waals surface area (Å²) < 4.78 is 1.52. The minimum absolute atomic E-state index is 0.0397. The summed E-state index contributed by atoms with van der Waals surface area (Å²) in [5, 5.41) is 17.4. The van der Waals surface area contributed by atoms with Crippen molar-refractivity contribution in [2.24, 2.45) is 18.4 Å². The molecule has 2 heterocycles. The van der Waals surface area contributed by atoms with Gasteiger partial charge >= 0.3 is 0 Å². The summed E-state index contributed by atoms with van der Waals surface area (Å²) in [6.45, 7) is 8.30. The molecule has 2 amide bonds. The highest BCUT2D eigenvalue weighted by atomic mass is 16.2. The monoisotopic (exact) mass is 448 g/mol. The Balaban J connectivity index is 1.55. The fourth-order valence-electron chi connectivity index (χ4n) is 5.05. The molecule has 0 saturated heterocycles. The molecule has 0 spiro atoms. The van der Waals surface area contributed by atoms with Crippen molar-refractivity contribution in [3.05, 3.63) is 53.6 Å². The number of carbonyl (C=O) groups is 2. The molecule has 2 aromatic heterocycles. The van der Waals surface area contributed by atoms with E-state index in [9.17, 15) is 9.59 Å². The Morgan fingerprint density at radius 2 is 1.91 bits per heavy atom. The molecule has 33 heavy (non-hydrogen) atoms. The number of aryl methyl sites for hydroxylation is 3. The highest BCUT2D eigenvalue weighted by Gasteiger charge is 2.43. The van der Waals surface area contributed by atoms with Gasteiger partial charge in [-0.15, -0.1) is 0 Å². The van der Waals surface area contributed by atoms with Crippen molar-refractivity contribution in [1.82, 2.24) is 25.3 Å². The van der Waals surface area contributed by atoms with Crippen LogP contribution in [0.5, 0.6) is 0 Å². The maximum Gasteiger partial charge on any atom is 0.270 e. The Kier molecular flexibility index (Phi) is 6.10. The van der Waals surface area contributed by atoms with Crippen LogP contribution in [0.3, 0.4) is 0 Å². The van der Waals surface area contributed by atoms with E-state index in [1.54, 1.807) is 19.3 Å². The first-order valence-corrected chi connectivity index (χ1v) is 11.4. The molecule has 1 saturated carbocycles. The largest absolute Gasteiger partial charge is 0.339 e. The van der Waals surface area contributed by atoms with Gasteiger partial charge in [0.05, 0.1) is 5.69 Å². The number of benzene rings is 1. The molecule has 0 aliphatic heterocycles. The maximum absolute atomic E-state index is 13.4. The highest BCUT2D eigenvalue weighted by Crippen LogP contribution is 2.44. The molecule has 8 nitrogen and oxygen atoms in total. The van der Waals surface area contributed by atoms with Gasteiger partial charge < -0.3 is 10.6 Å². The number of nitrogens with zero attached hydrogens (tertiary/aromatic N) is 3. The molecule has 0 bridgehead atoms. The van der Waals surface area contributed by atoms with Gasteiger partial charge in [-0.25, -0.2) is 0 Å². The molecule has 2 atom stereocenters. The smallest absolute Gasteiger partial charge is 0.270 e. The number of amides is 2. The fraction of sp³-hybridized carbons (Fsp3) is 0.440. The third-order valence-electron chi connectivity index (χ3n) is 6.93.